The molecule has 5 heterocycles. The number of nitrogens with zero attached hydrogens (tertiary/aromatic N) is 6. The fourth-order valence-electron chi connectivity index (χ4n) is 4.80. The van der Waals surface area contributed by atoms with Crippen molar-refractivity contribution in [1.82, 2.24) is 29.4 Å². The van der Waals surface area contributed by atoms with Crippen molar-refractivity contribution in [1.29, 1.82) is 0 Å². The van der Waals surface area contributed by atoms with Gasteiger partial charge in [0, 0.05) is 5.02 Å². The summed E-state index contributed by atoms with van der Waals surface area (Å²) in [6, 6.07) is 18.5. The molecule has 0 fully saturated rings. The predicted molar refractivity (Wildman–Crippen MR) is 141 cm³/mol. The maximum atomic E-state index is 6.40. The number of aromatic nitrogens is 6. The fourth-order valence-corrected chi connectivity index (χ4v) is 4.93. The Morgan fingerprint density at radius 3 is 2.51 bits per heavy atom. The van der Waals surface area contributed by atoms with E-state index in [1.807, 2.05) is 67.6 Å². The molecule has 1 aliphatic heterocycles. The Morgan fingerprint density at radius 2 is 1.77 bits per heavy atom. The molecule has 0 saturated carbocycles. The average Bonchev–Trinajstić information content (AvgIpc) is 3.71. The summed E-state index contributed by atoms with van der Waals surface area (Å²) in [6.45, 7) is 2.12. The number of methoxy groups -OCH3 is 1. The van der Waals surface area contributed by atoms with Crippen LogP contribution in [0.4, 0.5) is 0 Å². The summed E-state index contributed by atoms with van der Waals surface area (Å²) in [5.74, 6) is 3.25. The minimum absolute atomic E-state index is 0.174. The van der Waals surface area contributed by atoms with Crippen LogP contribution in [0.15, 0.2) is 77.7 Å². The number of rotatable bonds is 6. The van der Waals surface area contributed by atoms with Gasteiger partial charge in [-0.15, -0.1) is 5.10 Å². The summed E-state index contributed by atoms with van der Waals surface area (Å²) in [5, 5.41) is 10.0. The van der Waals surface area contributed by atoms with Crippen LogP contribution in [0.5, 0.6) is 23.3 Å². The summed E-state index contributed by atoms with van der Waals surface area (Å²) in [4.78, 5) is 9.41. The van der Waals surface area contributed by atoms with Crippen molar-refractivity contribution in [2.45, 2.75) is 19.4 Å². The van der Waals surface area contributed by atoms with Gasteiger partial charge in [-0.3, -0.25) is 0 Å². The summed E-state index contributed by atoms with van der Waals surface area (Å²) in [5.41, 5.74) is 3.80. The molecule has 0 saturated heterocycles. The second kappa shape index (κ2) is 9.17. The van der Waals surface area contributed by atoms with Crippen molar-refractivity contribution in [3.63, 3.8) is 0 Å². The molecule has 0 aliphatic carbocycles. The Hall–Kier alpha value is -4.83. The smallest absolute Gasteiger partial charge is 0.230 e. The van der Waals surface area contributed by atoms with Crippen LogP contribution in [0.1, 0.15) is 34.3 Å². The first-order valence-electron chi connectivity index (χ1n) is 12.2. The van der Waals surface area contributed by atoms with E-state index in [0.717, 1.165) is 28.3 Å². The molecule has 6 aromatic rings. The number of hydrogen-bond acceptors (Lipinski definition) is 8. The fraction of sp³-hybridized carbons (Fsp3) is 0.143. The molecule has 0 amide bonds. The van der Waals surface area contributed by atoms with Gasteiger partial charge in [-0.25, -0.2) is 19.2 Å². The van der Waals surface area contributed by atoms with E-state index in [2.05, 4.69) is 10.1 Å². The standard InChI is InChI=1S/C28H21ClN6O4/c1-16-23-24(21-4-3-13-37-21)25-26-31-22(14-38-20-11-9-19(36-2)10-12-20)33-34(26)15-30-27(25)39-28(23)35(32-16)18-7-5-17(29)6-8-18/h3-13,15,24H,14H2,1-2H3/t24-/m1/s1. The van der Waals surface area contributed by atoms with E-state index in [-0.39, 0.29) is 12.5 Å². The van der Waals surface area contributed by atoms with Gasteiger partial charge in [0.05, 0.1) is 41.8 Å². The molecule has 1 atom stereocenters. The quantitative estimate of drug-likeness (QED) is 0.263. The van der Waals surface area contributed by atoms with Gasteiger partial charge in [0.25, 0.3) is 0 Å². The molecular weight excluding hydrogens is 520 g/mol. The third kappa shape index (κ3) is 3.96. The lowest BCUT2D eigenvalue weighted by molar-refractivity contribution is 0.295. The zero-order chi connectivity index (χ0) is 26.5. The van der Waals surface area contributed by atoms with Gasteiger partial charge in [-0.05, 0) is 67.6 Å². The Balaban J connectivity index is 1.31. The van der Waals surface area contributed by atoms with Crippen molar-refractivity contribution in [2.24, 2.45) is 0 Å². The lowest BCUT2D eigenvalue weighted by atomic mass is 9.88. The molecule has 0 bridgehead atoms. The maximum Gasteiger partial charge on any atom is 0.230 e. The SMILES string of the molecule is COc1ccc(OCc2nc3c4c(ncn3n2)Oc2c(c(C)nn2-c2ccc(Cl)cc2)[C@H]4c2ccco2)cc1. The lowest BCUT2D eigenvalue weighted by Crippen LogP contribution is -2.15. The lowest BCUT2D eigenvalue weighted by Gasteiger charge is -2.24. The summed E-state index contributed by atoms with van der Waals surface area (Å²) < 4.78 is 26.8. The van der Waals surface area contributed by atoms with E-state index in [0.29, 0.717) is 39.8 Å². The number of ether oxygens (including phenoxy) is 3. The van der Waals surface area contributed by atoms with E-state index >= 15 is 0 Å². The van der Waals surface area contributed by atoms with Crippen molar-refractivity contribution in [3.8, 4) is 28.9 Å². The third-order valence-electron chi connectivity index (χ3n) is 6.59. The van der Waals surface area contributed by atoms with E-state index in [1.165, 1.54) is 0 Å². The first-order valence-corrected chi connectivity index (χ1v) is 12.5. The average molecular weight is 541 g/mol. The third-order valence-corrected chi connectivity index (χ3v) is 6.84. The van der Waals surface area contributed by atoms with Gasteiger partial charge >= 0.3 is 0 Å². The van der Waals surface area contributed by atoms with Gasteiger partial charge in [-0.2, -0.15) is 5.10 Å². The molecule has 11 heteroatoms. The first-order chi connectivity index (χ1) is 19.1. The van der Waals surface area contributed by atoms with Gasteiger partial charge in [0.15, 0.2) is 11.5 Å². The zero-order valence-electron chi connectivity index (χ0n) is 20.9. The van der Waals surface area contributed by atoms with Crippen molar-refractivity contribution in [3.05, 3.63) is 107 Å². The Labute approximate surface area is 227 Å². The van der Waals surface area contributed by atoms with Crippen LogP contribution in [-0.2, 0) is 6.61 Å². The minimum atomic E-state index is -0.365. The Bertz CT molecular complexity index is 1790. The summed E-state index contributed by atoms with van der Waals surface area (Å²) >= 11 is 6.12. The van der Waals surface area contributed by atoms with Crippen molar-refractivity contribution in [2.75, 3.05) is 7.11 Å². The molecule has 1 aliphatic rings. The molecule has 194 valence electrons. The highest BCUT2D eigenvalue weighted by molar-refractivity contribution is 6.30. The molecule has 10 nitrogen and oxygen atoms in total. The number of hydrogen-bond donors (Lipinski definition) is 0. The normalized spacial score (nSPS) is 14.1. The van der Waals surface area contributed by atoms with Gasteiger partial charge < -0.3 is 18.6 Å². The molecule has 2 aromatic carbocycles. The van der Waals surface area contributed by atoms with E-state index in [4.69, 9.17) is 40.3 Å². The maximum absolute atomic E-state index is 6.40. The van der Waals surface area contributed by atoms with Gasteiger partial charge in [0.1, 0.15) is 30.2 Å². The van der Waals surface area contributed by atoms with Crippen LogP contribution in [0, 0.1) is 6.92 Å². The Morgan fingerprint density at radius 1 is 0.974 bits per heavy atom. The van der Waals surface area contributed by atoms with Crippen LogP contribution in [0.25, 0.3) is 11.3 Å². The molecule has 0 radical (unpaired) electrons. The second-order valence-electron chi connectivity index (χ2n) is 8.97. The van der Waals surface area contributed by atoms with Crippen LogP contribution in [-0.4, -0.2) is 36.5 Å². The molecule has 0 unspecified atom stereocenters. The monoisotopic (exact) mass is 540 g/mol. The van der Waals surface area contributed by atoms with E-state index in [9.17, 15) is 0 Å². The highest BCUT2D eigenvalue weighted by Crippen LogP contribution is 2.49. The zero-order valence-corrected chi connectivity index (χ0v) is 21.7. The number of furan rings is 1. The largest absolute Gasteiger partial charge is 0.497 e. The first kappa shape index (κ1) is 23.3. The van der Waals surface area contributed by atoms with Crippen molar-refractivity contribution >= 4 is 17.2 Å². The summed E-state index contributed by atoms with van der Waals surface area (Å²) in [7, 11) is 1.62. The molecular formula is C28H21ClN6O4. The number of fused-ring (bicyclic) bond motifs is 4. The minimum Gasteiger partial charge on any atom is -0.497 e. The second-order valence-corrected chi connectivity index (χ2v) is 9.40. The Kier molecular flexibility index (Phi) is 5.48. The van der Waals surface area contributed by atoms with Gasteiger partial charge in [0.2, 0.25) is 11.8 Å². The van der Waals surface area contributed by atoms with Crippen LogP contribution in [0.2, 0.25) is 5.02 Å². The molecule has 4 aromatic heterocycles. The molecule has 39 heavy (non-hydrogen) atoms. The van der Waals surface area contributed by atoms with Crippen LogP contribution < -0.4 is 14.2 Å². The molecule has 0 spiro atoms. The number of halogens is 1. The molecule has 7 rings (SSSR count). The van der Waals surface area contributed by atoms with E-state index < -0.39 is 0 Å². The highest BCUT2D eigenvalue weighted by atomic mass is 35.5. The van der Waals surface area contributed by atoms with Crippen LogP contribution in [0.3, 0.4) is 0 Å². The topological polar surface area (TPSA) is 102 Å². The number of aryl methyl sites for hydroxylation is 1. The highest BCUT2D eigenvalue weighted by Gasteiger charge is 2.39. The summed E-state index contributed by atoms with van der Waals surface area (Å²) in [6.07, 6.45) is 3.23. The molecule has 0 N–H and O–H groups in total. The van der Waals surface area contributed by atoms with Crippen LogP contribution >= 0.6 is 11.6 Å². The number of benzene rings is 2. The predicted octanol–water partition coefficient (Wildman–Crippen LogP) is 5.74. The van der Waals surface area contributed by atoms with Crippen molar-refractivity contribution < 1.29 is 18.6 Å². The van der Waals surface area contributed by atoms with E-state index in [1.54, 1.807) is 28.9 Å². The van der Waals surface area contributed by atoms with Gasteiger partial charge in [-0.1, -0.05) is 11.6 Å².